The molecule has 23 heavy (non-hydrogen) atoms. The van der Waals surface area contributed by atoms with Crippen LogP contribution in [0.25, 0.3) is 11.3 Å². The Morgan fingerprint density at radius 2 is 1.57 bits per heavy atom. The summed E-state index contributed by atoms with van der Waals surface area (Å²) in [6, 6.07) is 16.8. The number of hydrogen-bond acceptors (Lipinski definition) is 2. The van der Waals surface area contributed by atoms with Crippen LogP contribution in [0.2, 0.25) is 0 Å². The zero-order chi connectivity index (χ0) is 16.1. The van der Waals surface area contributed by atoms with Gasteiger partial charge in [-0.1, -0.05) is 30.3 Å². The van der Waals surface area contributed by atoms with Crippen LogP contribution in [0.3, 0.4) is 0 Å². The molecule has 0 aliphatic heterocycles. The van der Waals surface area contributed by atoms with E-state index >= 15 is 0 Å². The third-order valence-electron chi connectivity index (χ3n) is 3.63. The number of benzene rings is 2. The highest BCUT2D eigenvalue weighted by Crippen LogP contribution is 2.24. The van der Waals surface area contributed by atoms with Gasteiger partial charge in [-0.2, -0.15) is 0 Å². The van der Waals surface area contributed by atoms with Crippen LogP contribution in [0.15, 0.2) is 65.1 Å². The molecule has 0 spiro atoms. The Morgan fingerprint density at radius 3 is 2.35 bits per heavy atom. The first-order chi connectivity index (χ1) is 11.2. The third kappa shape index (κ3) is 3.85. The van der Waals surface area contributed by atoms with E-state index in [1.54, 1.807) is 36.4 Å². The third-order valence-corrected chi connectivity index (χ3v) is 3.63. The Bertz CT molecular complexity index is 782. The molecule has 1 heterocycles. The minimum Gasteiger partial charge on any atom is -0.460 e. The van der Waals surface area contributed by atoms with E-state index in [1.807, 2.05) is 12.1 Å². The molecule has 118 valence electrons. The molecule has 0 saturated heterocycles. The van der Waals surface area contributed by atoms with Crippen LogP contribution < -0.4 is 5.32 Å². The van der Waals surface area contributed by atoms with Crippen molar-refractivity contribution in [3.63, 3.8) is 0 Å². The Hall–Kier alpha value is -2.46. The second kappa shape index (κ2) is 7.20. The highest BCUT2D eigenvalue weighted by atomic mass is 19.1. The van der Waals surface area contributed by atoms with Gasteiger partial charge in [-0.05, 0) is 48.9 Å². The minimum atomic E-state index is -0.305. The maximum Gasteiger partial charge on any atom is 0.137 e. The number of furan rings is 1. The predicted octanol–water partition coefficient (Wildman–Crippen LogP) is 4.56. The lowest BCUT2D eigenvalue weighted by molar-refractivity contribution is 0.490. The van der Waals surface area contributed by atoms with Gasteiger partial charge in [0.1, 0.15) is 23.2 Å². The predicted molar refractivity (Wildman–Crippen MR) is 85.9 cm³/mol. The molecule has 3 rings (SSSR count). The van der Waals surface area contributed by atoms with Crippen molar-refractivity contribution in [2.24, 2.45) is 0 Å². The number of halogens is 2. The normalized spacial score (nSPS) is 10.9. The van der Waals surface area contributed by atoms with E-state index in [-0.39, 0.29) is 11.6 Å². The van der Waals surface area contributed by atoms with Gasteiger partial charge in [0.25, 0.3) is 0 Å². The zero-order valence-corrected chi connectivity index (χ0v) is 12.6. The van der Waals surface area contributed by atoms with Crippen LogP contribution in [0, 0.1) is 11.6 Å². The lowest BCUT2D eigenvalue weighted by Gasteiger charge is -2.04. The van der Waals surface area contributed by atoms with Gasteiger partial charge in [-0.25, -0.2) is 8.78 Å². The highest BCUT2D eigenvalue weighted by Gasteiger charge is 2.09. The first-order valence-electron chi connectivity index (χ1n) is 7.52. The summed E-state index contributed by atoms with van der Waals surface area (Å²) in [5, 5.41) is 3.20. The summed E-state index contributed by atoms with van der Waals surface area (Å²) in [7, 11) is 0. The Morgan fingerprint density at radius 1 is 0.826 bits per heavy atom. The molecule has 0 unspecified atom stereocenters. The van der Waals surface area contributed by atoms with Crippen LogP contribution >= 0.6 is 0 Å². The molecule has 0 aliphatic rings. The first-order valence-corrected chi connectivity index (χ1v) is 7.52. The van der Waals surface area contributed by atoms with E-state index < -0.39 is 0 Å². The highest BCUT2D eigenvalue weighted by molar-refractivity contribution is 5.58. The smallest absolute Gasteiger partial charge is 0.137 e. The molecular weight excluding hydrogens is 296 g/mol. The van der Waals surface area contributed by atoms with Crippen molar-refractivity contribution in [2.75, 3.05) is 6.54 Å². The van der Waals surface area contributed by atoms with E-state index in [0.717, 1.165) is 5.76 Å². The van der Waals surface area contributed by atoms with Crippen molar-refractivity contribution < 1.29 is 13.2 Å². The van der Waals surface area contributed by atoms with Gasteiger partial charge in [0.2, 0.25) is 0 Å². The first kappa shape index (κ1) is 15.4. The number of nitrogens with one attached hydrogen (secondary N) is 1. The Balaban J connectivity index is 1.54. The standard InChI is InChI=1S/C19H17F2NO/c20-17-7-3-1-5-14(17)11-12-22-13-15-9-10-19(23-15)16-6-2-4-8-18(16)21/h1-10,22H,11-13H2. The molecule has 3 aromatic rings. The van der Waals surface area contributed by atoms with E-state index in [4.69, 9.17) is 4.42 Å². The lowest BCUT2D eigenvalue weighted by atomic mass is 10.1. The molecule has 2 aromatic carbocycles. The molecule has 1 aromatic heterocycles. The second-order valence-corrected chi connectivity index (χ2v) is 5.26. The Labute approximate surface area is 133 Å². The summed E-state index contributed by atoms with van der Waals surface area (Å²) >= 11 is 0. The number of hydrogen-bond donors (Lipinski definition) is 1. The van der Waals surface area contributed by atoms with E-state index in [2.05, 4.69) is 5.32 Å². The van der Waals surface area contributed by atoms with Gasteiger partial charge >= 0.3 is 0 Å². The summed E-state index contributed by atoms with van der Waals surface area (Å²) < 4.78 is 32.8. The van der Waals surface area contributed by atoms with Gasteiger partial charge in [-0.3, -0.25) is 0 Å². The van der Waals surface area contributed by atoms with Gasteiger partial charge in [0.15, 0.2) is 0 Å². The molecule has 0 fully saturated rings. The molecule has 0 radical (unpaired) electrons. The SMILES string of the molecule is Fc1ccccc1CCNCc1ccc(-c2ccccc2F)o1. The minimum absolute atomic E-state index is 0.186. The monoisotopic (exact) mass is 313 g/mol. The number of rotatable bonds is 6. The summed E-state index contributed by atoms with van der Waals surface area (Å²) in [6.07, 6.45) is 0.605. The van der Waals surface area contributed by atoms with Crippen LogP contribution in [-0.2, 0) is 13.0 Å². The molecule has 0 aliphatic carbocycles. The van der Waals surface area contributed by atoms with Crippen molar-refractivity contribution in [1.82, 2.24) is 5.32 Å². The van der Waals surface area contributed by atoms with Crippen LogP contribution in [0.4, 0.5) is 8.78 Å². The fraction of sp³-hybridized carbons (Fsp3) is 0.158. The average Bonchev–Trinajstić information content (AvgIpc) is 3.02. The molecule has 0 saturated carbocycles. The van der Waals surface area contributed by atoms with Gasteiger partial charge in [0.05, 0.1) is 12.1 Å². The van der Waals surface area contributed by atoms with Crippen molar-refractivity contribution in [1.29, 1.82) is 0 Å². The molecule has 0 amide bonds. The summed E-state index contributed by atoms with van der Waals surface area (Å²) in [5.74, 6) is 0.737. The zero-order valence-electron chi connectivity index (χ0n) is 12.6. The quantitative estimate of drug-likeness (QED) is 0.675. The molecule has 1 N–H and O–H groups in total. The summed E-state index contributed by atoms with van der Waals surface area (Å²) in [6.45, 7) is 1.15. The Kier molecular flexibility index (Phi) is 4.83. The fourth-order valence-corrected chi connectivity index (χ4v) is 2.41. The van der Waals surface area contributed by atoms with Gasteiger partial charge in [-0.15, -0.1) is 0 Å². The largest absolute Gasteiger partial charge is 0.460 e. The molecular formula is C19H17F2NO. The molecule has 2 nitrogen and oxygen atoms in total. The summed E-state index contributed by atoms with van der Waals surface area (Å²) in [4.78, 5) is 0. The molecule has 4 heteroatoms. The molecule has 0 atom stereocenters. The van der Waals surface area contributed by atoms with Gasteiger partial charge < -0.3 is 9.73 Å². The van der Waals surface area contributed by atoms with Crippen LogP contribution in [-0.4, -0.2) is 6.54 Å². The van der Waals surface area contributed by atoms with Crippen molar-refractivity contribution in [3.8, 4) is 11.3 Å². The van der Waals surface area contributed by atoms with E-state index in [9.17, 15) is 8.78 Å². The average molecular weight is 313 g/mol. The van der Waals surface area contributed by atoms with Gasteiger partial charge in [0, 0.05) is 0 Å². The van der Waals surface area contributed by atoms with Crippen molar-refractivity contribution >= 4 is 0 Å². The second-order valence-electron chi connectivity index (χ2n) is 5.26. The van der Waals surface area contributed by atoms with Crippen molar-refractivity contribution in [3.05, 3.63) is 83.6 Å². The van der Waals surface area contributed by atoms with E-state index in [0.29, 0.717) is 36.4 Å². The topological polar surface area (TPSA) is 25.2 Å². The van der Waals surface area contributed by atoms with E-state index in [1.165, 1.54) is 12.1 Å². The maximum atomic E-state index is 13.7. The summed E-state index contributed by atoms with van der Waals surface area (Å²) in [5.41, 5.74) is 1.14. The lowest BCUT2D eigenvalue weighted by Crippen LogP contribution is -2.16. The van der Waals surface area contributed by atoms with Crippen LogP contribution in [0.1, 0.15) is 11.3 Å². The maximum absolute atomic E-state index is 13.7. The van der Waals surface area contributed by atoms with Crippen LogP contribution in [0.5, 0.6) is 0 Å². The molecule has 0 bridgehead atoms. The van der Waals surface area contributed by atoms with Crippen molar-refractivity contribution in [2.45, 2.75) is 13.0 Å². The fourth-order valence-electron chi connectivity index (χ4n) is 2.41.